The molecule has 0 spiro atoms. The highest BCUT2D eigenvalue weighted by molar-refractivity contribution is 5.69. The van der Waals surface area contributed by atoms with Gasteiger partial charge >= 0.3 is 5.97 Å². The molecule has 1 atom stereocenters. The van der Waals surface area contributed by atoms with Gasteiger partial charge in [0.25, 0.3) is 0 Å². The second kappa shape index (κ2) is 10.4. The van der Waals surface area contributed by atoms with Crippen LogP contribution in [-0.4, -0.2) is 64.7 Å². The van der Waals surface area contributed by atoms with Crippen molar-refractivity contribution in [2.24, 2.45) is 0 Å². The third-order valence-corrected chi connectivity index (χ3v) is 4.50. The summed E-state index contributed by atoms with van der Waals surface area (Å²) in [5.41, 5.74) is 1.78. The quantitative estimate of drug-likeness (QED) is 0.521. The number of carboxylic acids is 1. The molecule has 1 unspecified atom stereocenters. The maximum atomic E-state index is 11.4. The molecule has 3 aromatic rings. The van der Waals surface area contributed by atoms with E-state index in [-0.39, 0.29) is 12.6 Å². The fraction of sp³-hybridized carbons (Fsp3) is 0.350. The van der Waals surface area contributed by atoms with E-state index in [9.17, 15) is 9.90 Å². The lowest BCUT2D eigenvalue weighted by molar-refractivity contribution is -0.138. The van der Waals surface area contributed by atoms with Gasteiger partial charge in [-0.1, -0.05) is 12.1 Å². The molecule has 0 amide bonds. The van der Waals surface area contributed by atoms with E-state index in [0.29, 0.717) is 26.3 Å². The normalized spacial score (nSPS) is 12.4. The zero-order valence-electron chi connectivity index (χ0n) is 16.4. The van der Waals surface area contributed by atoms with Crippen molar-refractivity contribution < 1.29 is 9.90 Å². The lowest BCUT2D eigenvalue weighted by Gasteiger charge is -2.32. The van der Waals surface area contributed by atoms with Crippen LogP contribution in [0.2, 0.25) is 0 Å². The molecule has 9 nitrogen and oxygen atoms in total. The van der Waals surface area contributed by atoms with Crippen molar-refractivity contribution in [1.29, 1.82) is 0 Å². The highest BCUT2D eigenvalue weighted by Crippen LogP contribution is 2.11. The molecule has 0 fully saturated rings. The average Bonchev–Trinajstić information content (AvgIpc) is 3.22. The summed E-state index contributed by atoms with van der Waals surface area (Å²) in [5, 5.41) is 13.5. The van der Waals surface area contributed by atoms with Crippen molar-refractivity contribution in [2.45, 2.75) is 32.7 Å². The number of aromatic nitrogens is 5. The lowest BCUT2D eigenvalue weighted by Crippen LogP contribution is -2.44. The Morgan fingerprint density at radius 2 is 1.79 bits per heavy atom. The molecular weight excluding hydrogens is 370 g/mol. The van der Waals surface area contributed by atoms with Crippen molar-refractivity contribution >= 4 is 5.97 Å². The minimum Gasteiger partial charge on any atom is -0.480 e. The van der Waals surface area contributed by atoms with Crippen LogP contribution < -0.4 is 0 Å². The minimum atomic E-state index is -0.860. The van der Waals surface area contributed by atoms with Crippen molar-refractivity contribution in [3.8, 4) is 0 Å². The van der Waals surface area contributed by atoms with Crippen molar-refractivity contribution in [3.05, 3.63) is 72.8 Å². The Labute approximate surface area is 169 Å². The van der Waals surface area contributed by atoms with Crippen LogP contribution >= 0.6 is 0 Å². The third kappa shape index (κ3) is 6.74. The third-order valence-electron chi connectivity index (χ3n) is 4.50. The Morgan fingerprint density at radius 3 is 2.34 bits per heavy atom. The van der Waals surface area contributed by atoms with Crippen LogP contribution in [0.1, 0.15) is 18.3 Å². The standard InChI is InChI=1S/C20H25N7O2/c1-17(10-25(13-20(28)29)11-18-6-2-4-8-22-18)26(16-27-15-21-14-24-27)12-19-7-3-5-9-23-19/h2-9,14-15,17H,10-13,16H2,1H3,(H,28,29). The molecule has 3 rings (SSSR count). The number of hydrogen-bond donors (Lipinski definition) is 1. The van der Waals surface area contributed by atoms with Crippen LogP contribution in [0.5, 0.6) is 0 Å². The molecular formula is C20H25N7O2. The SMILES string of the molecule is CC(CN(CC(=O)O)Cc1ccccn1)N(Cc1ccccn1)Cn1cncn1. The monoisotopic (exact) mass is 395 g/mol. The number of pyridine rings is 2. The van der Waals surface area contributed by atoms with E-state index in [4.69, 9.17) is 0 Å². The fourth-order valence-electron chi connectivity index (χ4n) is 3.12. The Morgan fingerprint density at radius 1 is 1.10 bits per heavy atom. The molecule has 1 N–H and O–H groups in total. The first-order chi connectivity index (χ1) is 14.1. The zero-order chi connectivity index (χ0) is 20.5. The molecule has 3 heterocycles. The number of carbonyl (C=O) groups is 1. The highest BCUT2D eigenvalue weighted by Gasteiger charge is 2.21. The summed E-state index contributed by atoms with van der Waals surface area (Å²) in [5.74, 6) is -0.860. The predicted molar refractivity (Wildman–Crippen MR) is 106 cm³/mol. The summed E-state index contributed by atoms with van der Waals surface area (Å²) >= 11 is 0. The van der Waals surface area contributed by atoms with Crippen LogP contribution in [0.15, 0.2) is 61.4 Å². The Kier molecular flexibility index (Phi) is 7.37. The Balaban J connectivity index is 1.72. The van der Waals surface area contributed by atoms with Gasteiger partial charge in [-0.2, -0.15) is 5.10 Å². The van der Waals surface area contributed by atoms with Gasteiger partial charge in [-0.15, -0.1) is 0 Å². The number of rotatable bonds is 11. The molecule has 29 heavy (non-hydrogen) atoms. The molecule has 3 aromatic heterocycles. The summed E-state index contributed by atoms with van der Waals surface area (Å²) < 4.78 is 1.75. The van der Waals surface area contributed by atoms with Crippen LogP contribution in [0.4, 0.5) is 0 Å². The number of nitrogens with zero attached hydrogens (tertiary/aromatic N) is 7. The van der Waals surface area contributed by atoms with E-state index in [2.05, 4.69) is 31.9 Å². The summed E-state index contributed by atoms with van der Waals surface area (Å²) in [6, 6.07) is 11.5. The van der Waals surface area contributed by atoms with Crippen LogP contribution in [0.3, 0.4) is 0 Å². The molecule has 0 aliphatic rings. The van der Waals surface area contributed by atoms with Gasteiger partial charge in [-0.25, -0.2) is 9.67 Å². The number of hydrogen-bond acceptors (Lipinski definition) is 7. The van der Waals surface area contributed by atoms with Crippen molar-refractivity contribution in [1.82, 2.24) is 34.5 Å². The second-order valence-corrected chi connectivity index (χ2v) is 6.88. The molecule has 0 bridgehead atoms. The van der Waals surface area contributed by atoms with Crippen LogP contribution in [-0.2, 0) is 24.6 Å². The van der Waals surface area contributed by atoms with Gasteiger partial charge in [-0.05, 0) is 31.2 Å². The maximum Gasteiger partial charge on any atom is 0.317 e. The Hall–Kier alpha value is -3.17. The zero-order valence-corrected chi connectivity index (χ0v) is 16.4. The minimum absolute atomic E-state index is 0.0456. The van der Waals surface area contributed by atoms with E-state index < -0.39 is 5.97 Å². The maximum absolute atomic E-state index is 11.4. The second-order valence-electron chi connectivity index (χ2n) is 6.88. The van der Waals surface area contributed by atoms with Gasteiger partial charge < -0.3 is 5.11 Å². The van der Waals surface area contributed by atoms with Crippen LogP contribution in [0, 0.1) is 0 Å². The first-order valence-corrected chi connectivity index (χ1v) is 9.40. The van der Waals surface area contributed by atoms with Gasteiger partial charge in [0.15, 0.2) is 0 Å². The molecule has 0 saturated heterocycles. The van der Waals surface area contributed by atoms with Gasteiger partial charge in [0.05, 0.1) is 24.6 Å². The summed E-state index contributed by atoms with van der Waals surface area (Å²) in [6.45, 7) is 4.20. The largest absolute Gasteiger partial charge is 0.480 e. The van der Waals surface area contributed by atoms with E-state index >= 15 is 0 Å². The van der Waals surface area contributed by atoms with Gasteiger partial charge in [0.1, 0.15) is 12.7 Å². The van der Waals surface area contributed by atoms with Crippen molar-refractivity contribution in [2.75, 3.05) is 13.1 Å². The van der Waals surface area contributed by atoms with E-state index in [1.807, 2.05) is 41.3 Å². The molecule has 0 aliphatic heterocycles. The van der Waals surface area contributed by atoms with Crippen molar-refractivity contribution in [3.63, 3.8) is 0 Å². The summed E-state index contributed by atoms with van der Waals surface area (Å²) in [6.07, 6.45) is 6.66. The smallest absolute Gasteiger partial charge is 0.317 e. The topological polar surface area (TPSA) is 100 Å². The molecule has 0 aliphatic carbocycles. The summed E-state index contributed by atoms with van der Waals surface area (Å²) in [4.78, 5) is 28.2. The average molecular weight is 395 g/mol. The molecule has 0 radical (unpaired) electrons. The number of aliphatic carboxylic acids is 1. The first kappa shape index (κ1) is 20.6. The van der Waals surface area contributed by atoms with Crippen LogP contribution in [0.25, 0.3) is 0 Å². The van der Waals surface area contributed by atoms with Gasteiger partial charge in [0, 0.05) is 38.1 Å². The molecule has 152 valence electrons. The van der Waals surface area contributed by atoms with E-state index in [1.165, 1.54) is 6.33 Å². The lowest BCUT2D eigenvalue weighted by atomic mass is 10.2. The van der Waals surface area contributed by atoms with E-state index in [1.54, 1.807) is 23.4 Å². The molecule has 9 heteroatoms. The fourth-order valence-corrected chi connectivity index (χ4v) is 3.12. The molecule has 0 saturated carbocycles. The highest BCUT2D eigenvalue weighted by atomic mass is 16.4. The van der Waals surface area contributed by atoms with Gasteiger partial charge in [0.2, 0.25) is 0 Å². The Bertz CT molecular complexity index is 859. The first-order valence-electron chi connectivity index (χ1n) is 9.40. The van der Waals surface area contributed by atoms with E-state index in [0.717, 1.165) is 11.4 Å². The van der Waals surface area contributed by atoms with Gasteiger partial charge in [-0.3, -0.25) is 24.6 Å². The summed E-state index contributed by atoms with van der Waals surface area (Å²) in [7, 11) is 0. The molecule has 0 aromatic carbocycles. The predicted octanol–water partition coefficient (Wildman–Crippen LogP) is 1.50. The number of carboxylic acid groups (broad SMARTS) is 1.